The molecule has 0 N–H and O–H groups in total. The van der Waals surface area contributed by atoms with Crippen LogP contribution < -0.4 is 0 Å². The molecule has 2 amide bonds. The molecule has 0 aliphatic carbocycles. The quantitative estimate of drug-likeness (QED) is 0.678. The smallest absolute Gasteiger partial charge is 0.260 e. The molecule has 1 unspecified atom stereocenters. The SMILES string of the molecule is CC(C)C(CS)CN1C(=O)Cc2ccccc2C1=O. The predicted octanol–water partition coefficient (Wildman–Crippen LogP) is 2.41. The highest BCUT2D eigenvalue weighted by molar-refractivity contribution is 7.80. The number of fused-ring (bicyclic) bond motifs is 1. The first-order chi connectivity index (χ1) is 9.04. The molecule has 0 saturated carbocycles. The fraction of sp³-hybridized carbons (Fsp3) is 0.467. The van der Waals surface area contributed by atoms with Gasteiger partial charge in [0.1, 0.15) is 0 Å². The van der Waals surface area contributed by atoms with Crippen molar-refractivity contribution in [2.24, 2.45) is 11.8 Å². The van der Waals surface area contributed by atoms with Crippen LogP contribution in [-0.2, 0) is 11.2 Å². The summed E-state index contributed by atoms with van der Waals surface area (Å²) >= 11 is 4.32. The van der Waals surface area contributed by atoms with Crippen molar-refractivity contribution >= 4 is 24.4 Å². The van der Waals surface area contributed by atoms with Gasteiger partial charge < -0.3 is 0 Å². The molecule has 1 aromatic rings. The highest BCUT2D eigenvalue weighted by Gasteiger charge is 2.32. The van der Waals surface area contributed by atoms with Gasteiger partial charge in [0.15, 0.2) is 0 Å². The van der Waals surface area contributed by atoms with Gasteiger partial charge in [0.05, 0.1) is 6.42 Å². The number of amides is 2. The van der Waals surface area contributed by atoms with Gasteiger partial charge in [-0.3, -0.25) is 14.5 Å². The van der Waals surface area contributed by atoms with Crippen LogP contribution in [0.2, 0.25) is 0 Å². The Bertz CT molecular complexity index is 499. The minimum Gasteiger partial charge on any atom is -0.278 e. The van der Waals surface area contributed by atoms with Crippen molar-refractivity contribution in [3.8, 4) is 0 Å². The summed E-state index contributed by atoms with van der Waals surface area (Å²) in [5.41, 5.74) is 1.49. The maximum atomic E-state index is 12.4. The monoisotopic (exact) mass is 277 g/mol. The average Bonchev–Trinajstić information content (AvgIpc) is 2.38. The van der Waals surface area contributed by atoms with Crippen molar-refractivity contribution in [3.63, 3.8) is 0 Å². The average molecular weight is 277 g/mol. The van der Waals surface area contributed by atoms with E-state index in [2.05, 4.69) is 26.5 Å². The Kier molecular flexibility index (Phi) is 4.30. The Morgan fingerprint density at radius 2 is 1.95 bits per heavy atom. The summed E-state index contributed by atoms with van der Waals surface area (Å²) in [5, 5.41) is 0. The molecule has 4 heteroatoms. The van der Waals surface area contributed by atoms with Crippen molar-refractivity contribution in [3.05, 3.63) is 35.4 Å². The van der Waals surface area contributed by atoms with E-state index in [1.54, 1.807) is 6.07 Å². The van der Waals surface area contributed by atoms with Crippen molar-refractivity contribution in [2.75, 3.05) is 12.3 Å². The first kappa shape index (κ1) is 14.1. The summed E-state index contributed by atoms with van der Waals surface area (Å²) in [6, 6.07) is 7.34. The van der Waals surface area contributed by atoms with E-state index in [4.69, 9.17) is 0 Å². The number of hydrogen-bond donors (Lipinski definition) is 1. The second-order valence-corrected chi connectivity index (χ2v) is 5.70. The molecule has 1 heterocycles. The normalized spacial score (nSPS) is 16.7. The van der Waals surface area contributed by atoms with Gasteiger partial charge in [-0.05, 0) is 29.2 Å². The lowest BCUT2D eigenvalue weighted by Gasteiger charge is -2.31. The third-order valence-electron chi connectivity index (χ3n) is 3.73. The van der Waals surface area contributed by atoms with Crippen LogP contribution in [0.4, 0.5) is 0 Å². The Balaban J connectivity index is 2.24. The van der Waals surface area contributed by atoms with E-state index in [9.17, 15) is 9.59 Å². The van der Waals surface area contributed by atoms with E-state index in [1.165, 1.54) is 4.90 Å². The summed E-state index contributed by atoms with van der Waals surface area (Å²) < 4.78 is 0. The predicted molar refractivity (Wildman–Crippen MR) is 78.4 cm³/mol. The molecule has 102 valence electrons. The summed E-state index contributed by atoms with van der Waals surface area (Å²) in [6.07, 6.45) is 0.319. The van der Waals surface area contributed by atoms with Gasteiger partial charge in [-0.1, -0.05) is 32.0 Å². The molecule has 0 spiro atoms. The first-order valence-corrected chi connectivity index (χ1v) is 7.21. The van der Waals surface area contributed by atoms with Crippen molar-refractivity contribution in [1.29, 1.82) is 0 Å². The maximum Gasteiger partial charge on any atom is 0.260 e. The molecule has 19 heavy (non-hydrogen) atoms. The van der Waals surface area contributed by atoms with E-state index >= 15 is 0 Å². The van der Waals surface area contributed by atoms with Crippen LogP contribution in [0, 0.1) is 11.8 Å². The van der Waals surface area contributed by atoms with Crippen molar-refractivity contribution in [1.82, 2.24) is 4.90 Å². The van der Waals surface area contributed by atoms with Crippen LogP contribution in [0.25, 0.3) is 0 Å². The van der Waals surface area contributed by atoms with Crippen LogP contribution in [0.15, 0.2) is 24.3 Å². The molecule has 0 saturated heterocycles. The summed E-state index contributed by atoms with van der Waals surface area (Å²) in [6.45, 7) is 4.65. The zero-order chi connectivity index (χ0) is 14.0. The highest BCUT2D eigenvalue weighted by atomic mass is 32.1. The van der Waals surface area contributed by atoms with Gasteiger partial charge in [-0.25, -0.2) is 0 Å². The molecule has 0 radical (unpaired) electrons. The van der Waals surface area contributed by atoms with E-state index in [0.29, 0.717) is 30.2 Å². The van der Waals surface area contributed by atoms with Gasteiger partial charge >= 0.3 is 0 Å². The summed E-state index contributed by atoms with van der Waals surface area (Å²) in [5.74, 6) is 1.04. The Morgan fingerprint density at radius 1 is 1.26 bits per heavy atom. The minimum atomic E-state index is -0.167. The number of carbonyl (C=O) groups is 2. The fourth-order valence-electron chi connectivity index (χ4n) is 2.30. The lowest BCUT2D eigenvalue weighted by molar-refractivity contribution is -0.129. The second kappa shape index (κ2) is 5.78. The van der Waals surface area contributed by atoms with Crippen molar-refractivity contribution in [2.45, 2.75) is 20.3 Å². The zero-order valence-electron chi connectivity index (χ0n) is 11.3. The lowest BCUT2D eigenvalue weighted by Crippen LogP contribution is -2.45. The minimum absolute atomic E-state index is 0.101. The van der Waals surface area contributed by atoms with Crippen LogP contribution >= 0.6 is 12.6 Å². The Morgan fingerprint density at radius 3 is 2.58 bits per heavy atom. The standard InChI is InChI=1S/C15H19NO2S/c1-10(2)12(9-19)8-16-14(17)7-11-5-3-4-6-13(11)15(16)18/h3-6,10,12,19H,7-9H2,1-2H3. The fourth-order valence-corrected chi connectivity index (χ4v) is 2.84. The molecule has 0 aromatic heterocycles. The number of imide groups is 1. The Hall–Kier alpha value is -1.29. The molecular weight excluding hydrogens is 258 g/mol. The van der Waals surface area contributed by atoms with E-state index in [0.717, 1.165) is 5.56 Å². The number of hydrogen-bond acceptors (Lipinski definition) is 3. The number of rotatable bonds is 4. The molecular formula is C15H19NO2S. The molecule has 2 rings (SSSR count). The molecule has 0 fully saturated rings. The zero-order valence-corrected chi connectivity index (χ0v) is 12.2. The van der Waals surface area contributed by atoms with Gasteiger partial charge in [0, 0.05) is 12.1 Å². The summed E-state index contributed by atoms with van der Waals surface area (Å²) in [7, 11) is 0. The molecule has 3 nitrogen and oxygen atoms in total. The lowest BCUT2D eigenvalue weighted by atomic mass is 9.94. The van der Waals surface area contributed by atoms with Gasteiger partial charge in [-0.15, -0.1) is 0 Å². The van der Waals surface area contributed by atoms with Gasteiger partial charge in [-0.2, -0.15) is 12.6 Å². The van der Waals surface area contributed by atoms with E-state index in [1.807, 2.05) is 18.2 Å². The van der Waals surface area contributed by atoms with Crippen molar-refractivity contribution < 1.29 is 9.59 Å². The van der Waals surface area contributed by atoms with Gasteiger partial charge in [0.25, 0.3) is 5.91 Å². The van der Waals surface area contributed by atoms with E-state index in [-0.39, 0.29) is 17.7 Å². The van der Waals surface area contributed by atoms with Crippen LogP contribution in [0.3, 0.4) is 0 Å². The van der Waals surface area contributed by atoms with Crippen LogP contribution in [-0.4, -0.2) is 29.0 Å². The summed E-state index contributed by atoms with van der Waals surface area (Å²) in [4.78, 5) is 25.9. The first-order valence-electron chi connectivity index (χ1n) is 6.58. The number of thiol groups is 1. The molecule has 1 aliphatic rings. The molecule has 1 aromatic carbocycles. The largest absolute Gasteiger partial charge is 0.278 e. The molecule has 1 aliphatic heterocycles. The molecule has 0 bridgehead atoms. The molecule has 1 atom stereocenters. The van der Waals surface area contributed by atoms with E-state index < -0.39 is 0 Å². The maximum absolute atomic E-state index is 12.4. The third kappa shape index (κ3) is 2.84. The topological polar surface area (TPSA) is 37.4 Å². The highest BCUT2D eigenvalue weighted by Crippen LogP contribution is 2.22. The second-order valence-electron chi connectivity index (χ2n) is 5.33. The third-order valence-corrected chi connectivity index (χ3v) is 4.20. The van der Waals surface area contributed by atoms with Crippen LogP contribution in [0.1, 0.15) is 29.8 Å². The number of nitrogens with zero attached hydrogens (tertiary/aromatic N) is 1. The van der Waals surface area contributed by atoms with Gasteiger partial charge in [0.2, 0.25) is 5.91 Å². The number of carbonyl (C=O) groups excluding carboxylic acids is 2. The number of benzene rings is 1. The van der Waals surface area contributed by atoms with Crippen LogP contribution in [0.5, 0.6) is 0 Å². The Labute approximate surface area is 119 Å².